The molecule has 0 spiro atoms. The molecular formula is C17H27N3O2. The molecular weight excluding hydrogens is 278 g/mol. The van der Waals surface area contributed by atoms with Crippen LogP contribution in [0.15, 0.2) is 4.52 Å². The van der Waals surface area contributed by atoms with Gasteiger partial charge in [0.15, 0.2) is 0 Å². The predicted molar refractivity (Wildman–Crippen MR) is 84.8 cm³/mol. The van der Waals surface area contributed by atoms with Gasteiger partial charge in [0.2, 0.25) is 5.91 Å². The second kappa shape index (κ2) is 6.03. The Bertz CT molecular complexity index is 535. The van der Waals surface area contributed by atoms with Crippen LogP contribution >= 0.6 is 0 Å². The van der Waals surface area contributed by atoms with Gasteiger partial charge in [-0.25, -0.2) is 0 Å². The highest BCUT2D eigenvalue weighted by molar-refractivity contribution is 5.84. The monoisotopic (exact) mass is 305 g/mol. The Hall–Kier alpha value is -1.36. The molecule has 0 aliphatic carbocycles. The molecule has 2 fully saturated rings. The van der Waals surface area contributed by atoms with E-state index in [1.807, 2.05) is 20.8 Å². The highest BCUT2D eigenvalue weighted by Crippen LogP contribution is 2.33. The van der Waals surface area contributed by atoms with Gasteiger partial charge < -0.3 is 14.3 Å². The lowest BCUT2D eigenvalue weighted by Gasteiger charge is -2.34. The van der Waals surface area contributed by atoms with Crippen molar-refractivity contribution in [2.24, 2.45) is 0 Å². The number of nitrogens with zero attached hydrogens (tertiary/aromatic N) is 3. The standard InChI is InChI=1S/C17H27N3O2/c1-11(16-12(2)18-22-13(16)3)17(21)20-10-6-8-15(20)14-7-5-9-19(14)4/h11,14-15H,5-10H2,1-4H3/t11-,14-,15+/m0/s1. The van der Waals surface area contributed by atoms with Gasteiger partial charge in [-0.15, -0.1) is 0 Å². The van der Waals surface area contributed by atoms with E-state index in [2.05, 4.69) is 22.0 Å². The van der Waals surface area contributed by atoms with Gasteiger partial charge in [-0.3, -0.25) is 4.79 Å². The first-order valence-electron chi connectivity index (χ1n) is 8.44. The minimum absolute atomic E-state index is 0.168. The van der Waals surface area contributed by atoms with Gasteiger partial charge in [-0.1, -0.05) is 5.16 Å². The lowest BCUT2D eigenvalue weighted by Crippen LogP contribution is -2.48. The van der Waals surface area contributed by atoms with E-state index in [9.17, 15) is 4.79 Å². The topological polar surface area (TPSA) is 49.6 Å². The van der Waals surface area contributed by atoms with Crippen molar-refractivity contribution in [3.63, 3.8) is 0 Å². The Morgan fingerprint density at radius 3 is 2.50 bits per heavy atom. The van der Waals surface area contributed by atoms with Crippen molar-refractivity contribution in [1.82, 2.24) is 15.0 Å². The van der Waals surface area contributed by atoms with Crippen LogP contribution in [0.1, 0.15) is 55.5 Å². The van der Waals surface area contributed by atoms with Crippen molar-refractivity contribution >= 4 is 5.91 Å². The van der Waals surface area contributed by atoms with Gasteiger partial charge >= 0.3 is 0 Å². The molecule has 0 N–H and O–H groups in total. The Balaban J connectivity index is 1.79. The van der Waals surface area contributed by atoms with E-state index in [1.54, 1.807) is 0 Å². The summed E-state index contributed by atoms with van der Waals surface area (Å²) in [5.41, 5.74) is 1.81. The van der Waals surface area contributed by atoms with Gasteiger partial charge in [0.25, 0.3) is 0 Å². The summed E-state index contributed by atoms with van der Waals surface area (Å²) in [6.07, 6.45) is 4.72. The summed E-state index contributed by atoms with van der Waals surface area (Å²) in [4.78, 5) is 17.6. The van der Waals surface area contributed by atoms with Crippen molar-refractivity contribution in [1.29, 1.82) is 0 Å². The van der Waals surface area contributed by atoms with E-state index in [-0.39, 0.29) is 11.8 Å². The first-order chi connectivity index (χ1) is 10.5. The van der Waals surface area contributed by atoms with Crippen LogP contribution in [0.5, 0.6) is 0 Å². The smallest absolute Gasteiger partial charge is 0.230 e. The molecule has 0 bridgehead atoms. The second-order valence-corrected chi connectivity index (χ2v) is 6.89. The lowest BCUT2D eigenvalue weighted by atomic mass is 9.96. The molecule has 0 saturated carbocycles. The third kappa shape index (κ3) is 2.56. The third-order valence-electron chi connectivity index (χ3n) is 5.50. The van der Waals surface area contributed by atoms with Crippen molar-refractivity contribution < 1.29 is 9.32 Å². The normalized spacial score (nSPS) is 27.5. The van der Waals surface area contributed by atoms with Crippen molar-refractivity contribution in [2.45, 2.75) is 64.5 Å². The van der Waals surface area contributed by atoms with Crippen LogP contribution in [-0.2, 0) is 4.79 Å². The van der Waals surface area contributed by atoms with Crippen LogP contribution in [0.3, 0.4) is 0 Å². The molecule has 22 heavy (non-hydrogen) atoms. The van der Waals surface area contributed by atoms with E-state index in [1.165, 1.54) is 12.8 Å². The fourth-order valence-corrected chi connectivity index (χ4v) is 4.37. The number of likely N-dealkylation sites (N-methyl/N-ethyl adjacent to an activating group) is 1. The molecule has 2 aliphatic rings. The third-order valence-corrected chi connectivity index (χ3v) is 5.50. The van der Waals surface area contributed by atoms with E-state index in [0.717, 1.165) is 42.9 Å². The van der Waals surface area contributed by atoms with E-state index >= 15 is 0 Å². The predicted octanol–water partition coefficient (Wildman–Crippen LogP) is 2.48. The van der Waals surface area contributed by atoms with Gasteiger partial charge in [0, 0.05) is 24.2 Å². The summed E-state index contributed by atoms with van der Waals surface area (Å²) >= 11 is 0. The fourth-order valence-electron chi connectivity index (χ4n) is 4.37. The SMILES string of the molecule is Cc1noc(C)c1[C@H](C)C(=O)N1CCC[C@@H]1[C@@H]1CCCN1C. The first-order valence-corrected chi connectivity index (χ1v) is 8.44. The van der Waals surface area contributed by atoms with Crippen LogP contribution in [0.2, 0.25) is 0 Å². The maximum absolute atomic E-state index is 13.1. The summed E-state index contributed by atoms with van der Waals surface area (Å²) in [6.45, 7) is 7.85. The quantitative estimate of drug-likeness (QED) is 0.861. The molecule has 2 saturated heterocycles. The number of likely N-dealkylation sites (tertiary alicyclic amines) is 2. The maximum atomic E-state index is 13.1. The Morgan fingerprint density at radius 2 is 1.91 bits per heavy atom. The second-order valence-electron chi connectivity index (χ2n) is 6.89. The van der Waals surface area contributed by atoms with Crippen LogP contribution in [0, 0.1) is 13.8 Å². The molecule has 3 atom stereocenters. The molecule has 0 radical (unpaired) electrons. The number of amides is 1. The summed E-state index contributed by atoms with van der Waals surface area (Å²) in [6, 6.07) is 0.909. The molecule has 5 nitrogen and oxygen atoms in total. The highest BCUT2D eigenvalue weighted by Gasteiger charge is 2.40. The van der Waals surface area contributed by atoms with Crippen LogP contribution in [0.25, 0.3) is 0 Å². The summed E-state index contributed by atoms with van der Waals surface area (Å²) in [5, 5.41) is 4.00. The maximum Gasteiger partial charge on any atom is 0.230 e. The first kappa shape index (κ1) is 15.5. The lowest BCUT2D eigenvalue weighted by molar-refractivity contribution is -0.134. The largest absolute Gasteiger partial charge is 0.361 e. The van der Waals surface area contributed by atoms with Gasteiger partial charge in [-0.2, -0.15) is 0 Å². The summed E-state index contributed by atoms with van der Waals surface area (Å²) in [7, 11) is 2.19. The van der Waals surface area contributed by atoms with E-state index < -0.39 is 0 Å². The minimum Gasteiger partial charge on any atom is -0.361 e. The average Bonchev–Trinajstić information content (AvgIpc) is 3.18. The number of hydrogen-bond donors (Lipinski definition) is 0. The Labute approximate surface area is 132 Å². The zero-order chi connectivity index (χ0) is 15.9. The fraction of sp³-hybridized carbons (Fsp3) is 0.765. The number of rotatable bonds is 3. The van der Waals surface area contributed by atoms with Crippen molar-refractivity contribution in [2.75, 3.05) is 20.1 Å². The molecule has 1 aromatic rings. The Morgan fingerprint density at radius 1 is 1.23 bits per heavy atom. The number of carbonyl (C=O) groups excluding carboxylic acids is 1. The number of aryl methyl sites for hydroxylation is 2. The van der Waals surface area contributed by atoms with E-state index in [0.29, 0.717) is 12.1 Å². The molecule has 122 valence electrons. The van der Waals surface area contributed by atoms with E-state index in [4.69, 9.17) is 4.52 Å². The number of hydrogen-bond acceptors (Lipinski definition) is 4. The van der Waals surface area contributed by atoms with Gasteiger partial charge in [-0.05, 0) is 60.0 Å². The van der Waals surface area contributed by atoms with Crippen molar-refractivity contribution in [3.8, 4) is 0 Å². The number of aromatic nitrogens is 1. The Kier molecular flexibility index (Phi) is 4.26. The van der Waals surface area contributed by atoms with Gasteiger partial charge in [0.1, 0.15) is 5.76 Å². The average molecular weight is 305 g/mol. The molecule has 5 heteroatoms. The molecule has 3 rings (SSSR count). The molecule has 1 aromatic heterocycles. The van der Waals surface area contributed by atoms with Crippen molar-refractivity contribution in [3.05, 3.63) is 17.0 Å². The molecule has 2 aliphatic heterocycles. The van der Waals surface area contributed by atoms with Crippen LogP contribution < -0.4 is 0 Å². The van der Waals surface area contributed by atoms with Gasteiger partial charge in [0.05, 0.1) is 11.6 Å². The summed E-state index contributed by atoms with van der Waals surface area (Å²) < 4.78 is 5.24. The zero-order valence-electron chi connectivity index (χ0n) is 14.1. The highest BCUT2D eigenvalue weighted by atomic mass is 16.5. The zero-order valence-corrected chi connectivity index (χ0v) is 14.1. The molecule has 0 unspecified atom stereocenters. The minimum atomic E-state index is -0.168. The molecule has 1 amide bonds. The number of carbonyl (C=O) groups is 1. The summed E-state index contributed by atoms with van der Waals surface area (Å²) in [5.74, 6) is 0.836. The van der Waals surface area contributed by atoms with Crippen LogP contribution in [0.4, 0.5) is 0 Å². The molecule has 0 aromatic carbocycles. The molecule has 3 heterocycles. The van der Waals surface area contributed by atoms with Crippen LogP contribution in [-0.4, -0.2) is 53.1 Å².